The lowest BCUT2D eigenvalue weighted by molar-refractivity contribution is 0.132. The second-order valence-electron chi connectivity index (χ2n) is 4.36. The highest BCUT2D eigenvalue weighted by atomic mass is 36.0. The fourth-order valence-electron chi connectivity index (χ4n) is 1.78. The summed E-state index contributed by atoms with van der Waals surface area (Å²) >= 11 is 0. The minimum atomic E-state index is -1.67. The van der Waals surface area contributed by atoms with Crippen LogP contribution >= 0.6 is 21.4 Å². The summed E-state index contributed by atoms with van der Waals surface area (Å²) in [5.41, 5.74) is 0.874. The van der Waals surface area contributed by atoms with Crippen LogP contribution in [0.15, 0.2) is 30.5 Å². The number of hydrogen-bond acceptors (Lipinski definition) is 6. The van der Waals surface area contributed by atoms with Gasteiger partial charge in [-0.2, -0.15) is 0 Å². The van der Waals surface area contributed by atoms with Crippen LogP contribution in [0.4, 0.5) is 0 Å². The zero-order valence-corrected chi connectivity index (χ0v) is 15.7. The van der Waals surface area contributed by atoms with Crippen molar-refractivity contribution in [2.75, 3.05) is 40.6 Å². The van der Waals surface area contributed by atoms with Crippen LogP contribution in [-0.4, -0.2) is 50.2 Å². The zero-order chi connectivity index (χ0) is 17.8. The Hall–Kier alpha value is -0.960. The summed E-state index contributed by atoms with van der Waals surface area (Å²) in [7, 11) is 10.6. The lowest BCUT2D eigenvalue weighted by Crippen LogP contribution is -2.08. The SMILES string of the molecule is COCCOc1cc2cccnc2cc1OCCOC.[O-][S+](Cl)Cl. The number of rotatable bonds is 8. The number of methoxy groups -OCH3 is 2. The Morgan fingerprint density at radius 3 is 2.08 bits per heavy atom. The number of pyridine rings is 1. The van der Waals surface area contributed by atoms with Gasteiger partial charge in [0, 0.05) is 31.9 Å². The van der Waals surface area contributed by atoms with Crippen LogP contribution in [0.5, 0.6) is 11.5 Å². The van der Waals surface area contributed by atoms with Crippen molar-refractivity contribution >= 4 is 41.9 Å². The van der Waals surface area contributed by atoms with Gasteiger partial charge in [-0.15, -0.1) is 0 Å². The van der Waals surface area contributed by atoms with E-state index in [1.807, 2.05) is 24.3 Å². The van der Waals surface area contributed by atoms with Crippen LogP contribution in [0, 0.1) is 0 Å². The molecule has 0 saturated heterocycles. The largest absolute Gasteiger partial charge is 0.582 e. The Labute approximate surface area is 153 Å². The van der Waals surface area contributed by atoms with E-state index in [1.165, 1.54) is 0 Å². The average molecular weight is 396 g/mol. The fourth-order valence-corrected chi connectivity index (χ4v) is 1.78. The second kappa shape index (κ2) is 12.4. The quantitative estimate of drug-likeness (QED) is 0.504. The van der Waals surface area contributed by atoms with Crippen LogP contribution in [-0.2, 0) is 19.1 Å². The molecule has 24 heavy (non-hydrogen) atoms. The van der Waals surface area contributed by atoms with Crippen LogP contribution < -0.4 is 9.47 Å². The average Bonchev–Trinajstić information content (AvgIpc) is 2.55. The minimum Gasteiger partial charge on any atom is -0.582 e. The van der Waals surface area contributed by atoms with Crippen molar-refractivity contribution in [2.24, 2.45) is 0 Å². The molecule has 0 aliphatic heterocycles. The Morgan fingerprint density at radius 2 is 1.54 bits per heavy atom. The maximum atomic E-state index is 9.09. The van der Waals surface area contributed by atoms with E-state index in [2.05, 4.69) is 26.3 Å². The molecule has 1 heterocycles. The zero-order valence-electron chi connectivity index (χ0n) is 13.4. The van der Waals surface area contributed by atoms with E-state index in [1.54, 1.807) is 20.4 Å². The lowest BCUT2D eigenvalue weighted by atomic mass is 10.2. The number of aromatic nitrogens is 1. The molecule has 1 aromatic heterocycles. The molecule has 6 nitrogen and oxygen atoms in total. The highest BCUT2D eigenvalue weighted by Gasteiger charge is 2.08. The van der Waals surface area contributed by atoms with Gasteiger partial charge in [0.25, 0.3) is 0 Å². The normalized spacial score (nSPS) is 10.4. The first-order valence-electron chi connectivity index (χ1n) is 6.95. The van der Waals surface area contributed by atoms with Crippen molar-refractivity contribution in [3.63, 3.8) is 0 Å². The van der Waals surface area contributed by atoms with Gasteiger partial charge < -0.3 is 23.5 Å². The number of fused-ring (bicyclic) bond motifs is 1. The maximum Gasteiger partial charge on any atom is 0.198 e. The van der Waals surface area contributed by atoms with Crippen LogP contribution in [0.1, 0.15) is 0 Å². The Morgan fingerprint density at radius 1 is 1.00 bits per heavy atom. The maximum absolute atomic E-state index is 9.09. The van der Waals surface area contributed by atoms with E-state index in [0.29, 0.717) is 37.9 Å². The number of hydrogen-bond donors (Lipinski definition) is 0. The molecule has 2 rings (SSSR count). The summed E-state index contributed by atoms with van der Waals surface area (Å²) in [6, 6.07) is 7.70. The summed E-state index contributed by atoms with van der Waals surface area (Å²) in [5, 5.41) is 1.01. The van der Waals surface area contributed by atoms with E-state index >= 15 is 0 Å². The van der Waals surface area contributed by atoms with Crippen molar-refractivity contribution in [1.82, 2.24) is 4.98 Å². The molecule has 9 heteroatoms. The summed E-state index contributed by atoms with van der Waals surface area (Å²) < 4.78 is 30.4. The predicted molar refractivity (Wildman–Crippen MR) is 96.3 cm³/mol. The van der Waals surface area contributed by atoms with Gasteiger partial charge in [-0.3, -0.25) is 4.98 Å². The van der Waals surface area contributed by atoms with Crippen molar-refractivity contribution < 1.29 is 23.5 Å². The third-order valence-corrected chi connectivity index (χ3v) is 2.76. The third kappa shape index (κ3) is 8.23. The van der Waals surface area contributed by atoms with Gasteiger partial charge in [0.05, 0.1) is 18.7 Å². The molecule has 2 aromatic rings. The van der Waals surface area contributed by atoms with Gasteiger partial charge in [0.2, 0.25) is 0 Å². The number of halogens is 2. The van der Waals surface area contributed by atoms with Crippen molar-refractivity contribution in [3.8, 4) is 11.5 Å². The van der Waals surface area contributed by atoms with Gasteiger partial charge in [0.1, 0.15) is 13.2 Å². The molecule has 0 bridgehead atoms. The van der Waals surface area contributed by atoms with Crippen molar-refractivity contribution in [1.29, 1.82) is 0 Å². The first kappa shape index (κ1) is 21.1. The summed E-state index contributed by atoms with van der Waals surface area (Å²) in [4.78, 5) is 4.32. The first-order chi connectivity index (χ1) is 11.6. The highest BCUT2D eigenvalue weighted by molar-refractivity contribution is 8.31. The summed E-state index contributed by atoms with van der Waals surface area (Å²) in [5.74, 6) is 1.36. The molecular formula is C15H19Cl2NO5S. The van der Waals surface area contributed by atoms with Gasteiger partial charge in [-0.1, -0.05) is 6.07 Å². The monoisotopic (exact) mass is 395 g/mol. The molecule has 0 atom stereocenters. The molecule has 0 radical (unpaired) electrons. The minimum absolute atomic E-state index is 0.468. The molecule has 0 fully saturated rings. The molecule has 0 aliphatic rings. The van der Waals surface area contributed by atoms with Crippen molar-refractivity contribution in [2.45, 2.75) is 0 Å². The number of ether oxygens (including phenoxy) is 4. The van der Waals surface area contributed by atoms with Crippen LogP contribution in [0.3, 0.4) is 0 Å². The van der Waals surface area contributed by atoms with E-state index in [-0.39, 0.29) is 0 Å². The molecule has 0 saturated carbocycles. The lowest BCUT2D eigenvalue weighted by Gasteiger charge is -2.13. The van der Waals surface area contributed by atoms with Crippen LogP contribution in [0.2, 0.25) is 0 Å². The smallest absolute Gasteiger partial charge is 0.198 e. The van der Waals surface area contributed by atoms with E-state index in [4.69, 9.17) is 23.5 Å². The predicted octanol–water partition coefficient (Wildman–Crippen LogP) is 3.33. The Bertz CT molecular complexity index is 552. The molecule has 0 spiro atoms. The molecule has 0 N–H and O–H groups in total. The Balaban J connectivity index is 0.000000648. The standard InChI is InChI=1S/C15H19NO4.Cl2OS/c1-17-6-8-19-14-10-12-4-3-5-16-13(12)11-15(14)20-9-7-18-2;1-4(2)3/h3-5,10-11H,6-9H2,1-2H3;. The molecule has 0 amide bonds. The van der Waals surface area contributed by atoms with Gasteiger partial charge >= 0.3 is 0 Å². The molecular weight excluding hydrogens is 377 g/mol. The molecule has 134 valence electrons. The number of benzene rings is 1. The third-order valence-electron chi connectivity index (χ3n) is 2.76. The second-order valence-corrected chi connectivity index (χ2v) is 6.89. The van der Waals surface area contributed by atoms with Gasteiger partial charge in [-0.05, 0) is 12.1 Å². The fraction of sp³-hybridized carbons (Fsp3) is 0.400. The Kier molecular flexibility index (Phi) is 10.9. The molecule has 0 unspecified atom stereocenters. The number of nitrogens with zero attached hydrogens (tertiary/aromatic N) is 1. The van der Waals surface area contributed by atoms with Gasteiger partial charge in [-0.25, -0.2) is 0 Å². The molecule has 1 aromatic carbocycles. The van der Waals surface area contributed by atoms with Gasteiger partial charge in [0.15, 0.2) is 42.5 Å². The van der Waals surface area contributed by atoms with E-state index < -0.39 is 9.60 Å². The summed E-state index contributed by atoms with van der Waals surface area (Å²) in [6.07, 6.45) is 1.76. The summed E-state index contributed by atoms with van der Waals surface area (Å²) in [6.45, 7) is 2.00. The van der Waals surface area contributed by atoms with E-state index in [9.17, 15) is 0 Å². The molecule has 0 aliphatic carbocycles. The highest BCUT2D eigenvalue weighted by Crippen LogP contribution is 2.31. The van der Waals surface area contributed by atoms with Crippen LogP contribution in [0.25, 0.3) is 10.9 Å². The first-order valence-corrected chi connectivity index (χ1v) is 9.75. The van der Waals surface area contributed by atoms with Crippen molar-refractivity contribution in [3.05, 3.63) is 30.5 Å². The topological polar surface area (TPSA) is 72.9 Å². The van der Waals surface area contributed by atoms with E-state index in [0.717, 1.165) is 10.9 Å².